The molecule has 1 aliphatic rings. The molecule has 2 amide bonds. The minimum atomic E-state index is -0.270. The summed E-state index contributed by atoms with van der Waals surface area (Å²) in [5, 5.41) is 3.48. The number of hydrogen-bond donors (Lipinski definition) is 1. The molecule has 1 unspecified atom stereocenters. The Labute approximate surface area is 130 Å². The van der Waals surface area contributed by atoms with Crippen molar-refractivity contribution in [3.8, 4) is 0 Å². The smallest absolute Gasteiger partial charge is 0.229 e. The van der Waals surface area contributed by atoms with Crippen LogP contribution in [0, 0.1) is 5.92 Å². The first-order chi connectivity index (χ1) is 10.0. The maximum absolute atomic E-state index is 12.3. The number of amides is 2. The third kappa shape index (κ3) is 3.76. The predicted molar refractivity (Wildman–Crippen MR) is 84.3 cm³/mol. The fraction of sp³-hybridized carbons (Fsp3) is 0.500. The number of carbonyl (C=O) groups excluding carboxylic acids is 2. The number of nitrogens with zero attached hydrogens (tertiary/aromatic N) is 1. The second kappa shape index (κ2) is 6.94. The lowest BCUT2D eigenvalue weighted by Gasteiger charge is -2.26. The summed E-state index contributed by atoms with van der Waals surface area (Å²) >= 11 is 5.82. The van der Waals surface area contributed by atoms with Crippen LogP contribution in [0.3, 0.4) is 0 Å². The summed E-state index contributed by atoms with van der Waals surface area (Å²) in [5.74, 6) is -0.284. The minimum absolute atomic E-state index is 0.0833. The van der Waals surface area contributed by atoms with Crippen molar-refractivity contribution in [3.05, 3.63) is 29.3 Å². The summed E-state index contributed by atoms with van der Waals surface area (Å²) < 4.78 is 0. The Morgan fingerprint density at radius 2 is 1.95 bits per heavy atom. The van der Waals surface area contributed by atoms with Crippen LogP contribution in [0.5, 0.6) is 0 Å². The zero-order valence-electron chi connectivity index (χ0n) is 12.4. The lowest BCUT2D eigenvalue weighted by molar-refractivity contribution is -0.130. The molecule has 1 fully saturated rings. The van der Waals surface area contributed by atoms with Gasteiger partial charge in [0.1, 0.15) is 0 Å². The van der Waals surface area contributed by atoms with Crippen LogP contribution in [0.15, 0.2) is 24.3 Å². The first-order valence-corrected chi connectivity index (χ1v) is 7.78. The number of hydrogen-bond acceptors (Lipinski definition) is 2. The van der Waals surface area contributed by atoms with Crippen LogP contribution in [-0.2, 0) is 9.59 Å². The molecule has 1 aromatic carbocycles. The van der Waals surface area contributed by atoms with E-state index in [2.05, 4.69) is 19.2 Å². The third-order valence-corrected chi connectivity index (χ3v) is 4.28. The Morgan fingerprint density at radius 1 is 1.33 bits per heavy atom. The molecular formula is C16H21ClN2O2. The standard InChI is InChI=1S/C16H21ClN2O2/c1-3-14(4-2)19-10-11(9-15(19)20)16(21)18-13-7-5-12(17)6-8-13/h5-8,11,14H,3-4,9-10H2,1-2H3,(H,18,21). The molecule has 1 aromatic rings. The maximum atomic E-state index is 12.3. The summed E-state index contributed by atoms with van der Waals surface area (Å²) in [4.78, 5) is 26.2. The molecule has 2 rings (SSSR count). The number of halogens is 1. The Hall–Kier alpha value is -1.55. The molecule has 1 aliphatic heterocycles. The highest BCUT2D eigenvalue weighted by Gasteiger charge is 2.36. The summed E-state index contributed by atoms with van der Waals surface area (Å²) in [6.45, 7) is 4.66. The van der Waals surface area contributed by atoms with Crippen LogP contribution < -0.4 is 5.32 Å². The minimum Gasteiger partial charge on any atom is -0.339 e. The van der Waals surface area contributed by atoms with Gasteiger partial charge in [-0.15, -0.1) is 0 Å². The van der Waals surface area contributed by atoms with Gasteiger partial charge in [-0.3, -0.25) is 9.59 Å². The number of carbonyl (C=O) groups is 2. The average Bonchev–Trinajstić information content (AvgIpc) is 2.85. The molecule has 0 spiro atoms. The van der Waals surface area contributed by atoms with Crippen molar-refractivity contribution in [2.24, 2.45) is 5.92 Å². The Morgan fingerprint density at radius 3 is 2.52 bits per heavy atom. The van der Waals surface area contributed by atoms with E-state index in [-0.39, 0.29) is 23.8 Å². The lowest BCUT2D eigenvalue weighted by atomic mass is 10.1. The van der Waals surface area contributed by atoms with Gasteiger partial charge in [0.25, 0.3) is 0 Å². The number of anilines is 1. The second-order valence-corrected chi connectivity index (χ2v) is 5.85. The van der Waals surface area contributed by atoms with Crippen LogP contribution >= 0.6 is 11.6 Å². The van der Waals surface area contributed by atoms with Crippen molar-refractivity contribution in [1.82, 2.24) is 4.90 Å². The molecule has 1 saturated heterocycles. The highest BCUT2D eigenvalue weighted by atomic mass is 35.5. The molecule has 1 heterocycles. The lowest BCUT2D eigenvalue weighted by Crippen LogP contribution is -2.36. The molecule has 1 atom stereocenters. The summed E-state index contributed by atoms with van der Waals surface area (Å²) in [5.41, 5.74) is 0.706. The van der Waals surface area contributed by atoms with Gasteiger partial charge in [-0.1, -0.05) is 25.4 Å². The van der Waals surface area contributed by atoms with E-state index in [0.717, 1.165) is 12.8 Å². The van der Waals surface area contributed by atoms with Gasteiger partial charge >= 0.3 is 0 Å². The van der Waals surface area contributed by atoms with Crippen molar-refractivity contribution in [2.75, 3.05) is 11.9 Å². The van der Waals surface area contributed by atoms with E-state index < -0.39 is 0 Å². The molecule has 5 heteroatoms. The van der Waals surface area contributed by atoms with Crippen molar-refractivity contribution in [2.45, 2.75) is 39.2 Å². The average molecular weight is 309 g/mol. The van der Waals surface area contributed by atoms with Crippen LogP contribution in [0.1, 0.15) is 33.1 Å². The molecule has 0 bridgehead atoms. The number of nitrogens with one attached hydrogen (secondary N) is 1. The second-order valence-electron chi connectivity index (χ2n) is 5.41. The van der Waals surface area contributed by atoms with E-state index in [1.807, 2.05) is 4.90 Å². The SMILES string of the molecule is CCC(CC)N1CC(C(=O)Nc2ccc(Cl)cc2)CC1=O. The Kier molecular flexibility index (Phi) is 5.23. The molecule has 21 heavy (non-hydrogen) atoms. The zero-order chi connectivity index (χ0) is 15.4. The zero-order valence-corrected chi connectivity index (χ0v) is 13.2. The number of likely N-dealkylation sites (tertiary alicyclic amines) is 1. The van der Waals surface area contributed by atoms with Crippen LogP contribution in [0.2, 0.25) is 5.02 Å². The van der Waals surface area contributed by atoms with E-state index in [9.17, 15) is 9.59 Å². The summed E-state index contributed by atoms with van der Waals surface area (Å²) in [7, 11) is 0. The van der Waals surface area contributed by atoms with Gasteiger partial charge in [-0.05, 0) is 37.1 Å². The van der Waals surface area contributed by atoms with Gasteiger partial charge < -0.3 is 10.2 Å². The van der Waals surface area contributed by atoms with E-state index in [0.29, 0.717) is 23.7 Å². The first-order valence-electron chi connectivity index (χ1n) is 7.41. The van der Waals surface area contributed by atoms with Crippen molar-refractivity contribution < 1.29 is 9.59 Å². The van der Waals surface area contributed by atoms with Crippen LogP contribution in [-0.4, -0.2) is 29.3 Å². The molecule has 0 aliphatic carbocycles. The monoisotopic (exact) mass is 308 g/mol. The highest BCUT2D eigenvalue weighted by molar-refractivity contribution is 6.30. The number of rotatable bonds is 5. The fourth-order valence-corrected chi connectivity index (χ4v) is 2.89. The van der Waals surface area contributed by atoms with E-state index in [4.69, 9.17) is 11.6 Å². The fourth-order valence-electron chi connectivity index (χ4n) is 2.77. The van der Waals surface area contributed by atoms with Crippen molar-refractivity contribution >= 4 is 29.1 Å². The van der Waals surface area contributed by atoms with Gasteiger partial charge in [0.05, 0.1) is 5.92 Å². The van der Waals surface area contributed by atoms with Gasteiger partial charge in [0.2, 0.25) is 11.8 Å². The van der Waals surface area contributed by atoms with Crippen molar-refractivity contribution in [1.29, 1.82) is 0 Å². The first kappa shape index (κ1) is 15.8. The molecule has 0 saturated carbocycles. The molecule has 0 radical (unpaired) electrons. The highest BCUT2D eigenvalue weighted by Crippen LogP contribution is 2.24. The Bertz CT molecular complexity index is 512. The normalized spacial score (nSPS) is 18.4. The van der Waals surface area contributed by atoms with Gasteiger partial charge in [0.15, 0.2) is 0 Å². The molecule has 0 aromatic heterocycles. The van der Waals surface area contributed by atoms with Gasteiger partial charge in [-0.2, -0.15) is 0 Å². The van der Waals surface area contributed by atoms with E-state index in [1.54, 1.807) is 24.3 Å². The summed E-state index contributed by atoms with van der Waals surface area (Å²) in [6.07, 6.45) is 2.15. The quantitative estimate of drug-likeness (QED) is 0.907. The third-order valence-electron chi connectivity index (χ3n) is 4.02. The molecule has 4 nitrogen and oxygen atoms in total. The number of benzene rings is 1. The largest absolute Gasteiger partial charge is 0.339 e. The molecular weight excluding hydrogens is 288 g/mol. The van der Waals surface area contributed by atoms with Crippen molar-refractivity contribution in [3.63, 3.8) is 0 Å². The van der Waals surface area contributed by atoms with Gasteiger partial charge in [-0.25, -0.2) is 0 Å². The van der Waals surface area contributed by atoms with E-state index >= 15 is 0 Å². The Balaban J connectivity index is 1.98. The maximum Gasteiger partial charge on any atom is 0.229 e. The predicted octanol–water partition coefficient (Wildman–Crippen LogP) is 3.32. The topological polar surface area (TPSA) is 49.4 Å². The van der Waals surface area contributed by atoms with E-state index in [1.165, 1.54) is 0 Å². The van der Waals surface area contributed by atoms with Crippen LogP contribution in [0.4, 0.5) is 5.69 Å². The van der Waals surface area contributed by atoms with Crippen LogP contribution in [0.25, 0.3) is 0 Å². The molecule has 114 valence electrons. The summed E-state index contributed by atoms with van der Waals surface area (Å²) in [6, 6.07) is 7.22. The van der Waals surface area contributed by atoms with Gasteiger partial charge in [0, 0.05) is 29.7 Å². The molecule has 1 N–H and O–H groups in total.